The molecule has 0 saturated carbocycles. The highest BCUT2D eigenvalue weighted by Crippen LogP contribution is 2.24. The van der Waals surface area contributed by atoms with E-state index in [4.69, 9.17) is 10.7 Å². The third-order valence-electron chi connectivity index (χ3n) is 1.82. The van der Waals surface area contributed by atoms with Gasteiger partial charge in [0.15, 0.2) is 0 Å². The van der Waals surface area contributed by atoms with Crippen molar-refractivity contribution in [3.63, 3.8) is 0 Å². The highest BCUT2D eigenvalue weighted by molar-refractivity contribution is 8.14. The van der Waals surface area contributed by atoms with Gasteiger partial charge in [0, 0.05) is 27.8 Å². The Morgan fingerprint density at radius 1 is 1.23 bits per heavy atom. The molecule has 0 amide bonds. The molecule has 1 heterocycles. The summed E-state index contributed by atoms with van der Waals surface area (Å²) in [6.45, 7) is 0. The highest BCUT2D eigenvalue weighted by Gasteiger charge is 2.13. The van der Waals surface area contributed by atoms with E-state index in [0.29, 0.717) is 5.39 Å². The van der Waals surface area contributed by atoms with E-state index in [1.807, 2.05) is 0 Å². The zero-order valence-electron chi connectivity index (χ0n) is 6.49. The number of benzene rings is 1. The van der Waals surface area contributed by atoms with Gasteiger partial charge < -0.3 is 4.98 Å². The molecule has 0 atom stereocenters. The molecule has 0 bridgehead atoms. The monoisotopic (exact) mass is 215 g/mol. The second-order valence-corrected chi connectivity index (χ2v) is 5.17. The lowest BCUT2D eigenvalue weighted by molar-refractivity contribution is 0.610. The van der Waals surface area contributed by atoms with Crippen LogP contribution in [0.25, 0.3) is 10.9 Å². The Balaban J connectivity index is 2.91. The fourth-order valence-electron chi connectivity index (χ4n) is 1.27. The minimum atomic E-state index is -3.65. The van der Waals surface area contributed by atoms with Crippen LogP contribution in [0, 0.1) is 0 Å². The first-order valence-electron chi connectivity index (χ1n) is 3.60. The number of aromatic amines is 1. The molecule has 1 N–H and O–H groups in total. The van der Waals surface area contributed by atoms with E-state index in [9.17, 15) is 8.42 Å². The number of hydrogen-bond acceptors (Lipinski definition) is 2. The number of nitrogens with one attached hydrogen (secondary N) is 1. The molecule has 2 aromatic rings. The van der Waals surface area contributed by atoms with Crippen LogP contribution >= 0.6 is 10.7 Å². The molecule has 13 heavy (non-hydrogen) atoms. The van der Waals surface area contributed by atoms with Gasteiger partial charge in [-0.1, -0.05) is 6.07 Å². The van der Waals surface area contributed by atoms with Crippen LogP contribution in [0.3, 0.4) is 0 Å². The van der Waals surface area contributed by atoms with Crippen LogP contribution in [0.15, 0.2) is 35.4 Å². The summed E-state index contributed by atoms with van der Waals surface area (Å²) in [5.41, 5.74) is 0.765. The van der Waals surface area contributed by atoms with Crippen LogP contribution in [-0.4, -0.2) is 13.4 Å². The van der Waals surface area contributed by atoms with Crippen molar-refractivity contribution in [3.05, 3.63) is 30.5 Å². The van der Waals surface area contributed by atoms with Gasteiger partial charge in [-0.25, -0.2) is 8.42 Å². The van der Waals surface area contributed by atoms with E-state index < -0.39 is 9.05 Å². The van der Waals surface area contributed by atoms with Crippen LogP contribution < -0.4 is 0 Å². The molecule has 3 nitrogen and oxygen atoms in total. The van der Waals surface area contributed by atoms with Gasteiger partial charge in [0.05, 0.1) is 4.90 Å². The largest absolute Gasteiger partial charge is 0.361 e. The topological polar surface area (TPSA) is 49.9 Å². The fraction of sp³-hybridized carbons (Fsp3) is 0. The summed E-state index contributed by atoms with van der Waals surface area (Å²) >= 11 is 0. The van der Waals surface area contributed by atoms with E-state index in [2.05, 4.69) is 4.98 Å². The third kappa shape index (κ3) is 1.43. The van der Waals surface area contributed by atoms with Gasteiger partial charge in [0.2, 0.25) is 0 Å². The molecule has 0 aliphatic rings. The quantitative estimate of drug-likeness (QED) is 0.741. The Hall–Kier alpha value is -1.00. The number of rotatable bonds is 1. The third-order valence-corrected chi connectivity index (χ3v) is 3.20. The van der Waals surface area contributed by atoms with Crippen molar-refractivity contribution in [2.24, 2.45) is 0 Å². The highest BCUT2D eigenvalue weighted by atomic mass is 35.7. The number of H-pyrrole nitrogens is 1. The maximum atomic E-state index is 11.1. The first kappa shape index (κ1) is 8.59. The molecular formula is C8H6ClNO2S. The molecule has 0 fully saturated rings. The van der Waals surface area contributed by atoms with Crippen molar-refractivity contribution in [3.8, 4) is 0 Å². The van der Waals surface area contributed by atoms with E-state index in [0.717, 1.165) is 5.52 Å². The van der Waals surface area contributed by atoms with E-state index in [1.165, 1.54) is 6.07 Å². The van der Waals surface area contributed by atoms with Gasteiger partial charge in [-0.2, -0.15) is 0 Å². The van der Waals surface area contributed by atoms with Gasteiger partial charge in [-0.3, -0.25) is 0 Å². The molecule has 0 aliphatic heterocycles. The zero-order chi connectivity index (χ0) is 9.47. The molecule has 0 spiro atoms. The smallest absolute Gasteiger partial charge is 0.261 e. The number of aromatic nitrogens is 1. The van der Waals surface area contributed by atoms with Crippen molar-refractivity contribution < 1.29 is 8.42 Å². The molecule has 1 aromatic carbocycles. The summed E-state index contributed by atoms with van der Waals surface area (Å²) in [7, 11) is 1.61. The van der Waals surface area contributed by atoms with Crippen LogP contribution in [0.1, 0.15) is 0 Å². The molecule has 0 saturated heterocycles. The zero-order valence-corrected chi connectivity index (χ0v) is 8.06. The predicted octanol–water partition coefficient (Wildman–Crippen LogP) is 2.10. The normalized spacial score (nSPS) is 12.1. The minimum Gasteiger partial charge on any atom is -0.361 e. The van der Waals surface area contributed by atoms with Crippen molar-refractivity contribution in [1.29, 1.82) is 0 Å². The number of halogens is 1. The molecule has 0 aliphatic carbocycles. The Morgan fingerprint density at radius 3 is 2.69 bits per heavy atom. The van der Waals surface area contributed by atoms with E-state index in [-0.39, 0.29) is 4.90 Å². The lowest BCUT2D eigenvalue weighted by Gasteiger charge is -1.96. The van der Waals surface area contributed by atoms with Gasteiger partial charge in [0.25, 0.3) is 9.05 Å². The Morgan fingerprint density at radius 2 is 2.00 bits per heavy atom. The summed E-state index contributed by atoms with van der Waals surface area (Å²) in [6.07, 6.45) is 1.68. The number of hydrogen-bond donors (Lipinski definition) is 1. The van der Waals surface area contributed by atoms with Crippen LogP contribution in [0.2, 0.25) is 0 Å². The van der Waals surface area contributed by atoms with Gasteiger partial charge in [0.1, 0.15) is 0 Å². The van der Waals surface area contributed by atoms with Crippen LogP contribution in [-0.2, 0) is 9.05 Å². The average Bonchev–Trinajstić information content (AvgIpc) is 2.48. The molecule has 1 aromatic heterocycles. The van der Waals surface area contributed by atoms with Gasteiger partial charge in [-0.15, -0.1) is 0 Å². The minimum absolute atomic E-state index is 0.146. The first-order chi connectivity index (χ1) is 6.09. The average molecular weight is 216 g/mol. The van der Waals surface area contributed by atoms with E-state index >= 15 is 0 Å². The maximum Gasteiger partial charge on any atom is 0.261 e. The Kier molecular flexibility index (Phi) is 1.82. The SMILES string of the molecule is O=S(=O)(Cl)c1cccc2[nH]ccc12. The standard InChI is InChI=1S/C8H6ClNO2S/c9-13(11,12)8-3-1-2-7-6(8)4-5-10-7/h1-5,10H. The van der Waals surface area contributed by atoms with Crippen molar-refractivity contribution in [1.82, 2.24) is 4.98 Å². The molecular weight excluding hydrogens is 210 g/mol. The molecule has 0 radical (unpaired) electrons. The lowest BCUT2D eigenvalue weighted by Crippen LogP contribution is -1.90. The molecule has 5 heteroatoms. The summed E-state index contributed by atoms with van der Waals surface area (Å²) in [5, 5.41) is 0.623. The molecule has 68 valence electrons. The second-order valence-electron chi connectivity index (χ2n) is 2.63. The van der Waals surface area contributed by atoms with Gasteiger partial charge >= 0.3 is 0 Å². The summed E-state index contributed by atoms with van der Waals surface area (Å²) in [4.78, 5) is 3.06. The second kappa shape index (κ2) is 2.75. The lowest BCUT2D eigenvalue weighted by atomic mass is 10.2. The van der Waals surface area contributed by atoms with Crippen molar-refractivity contribution in [2.75, 3.05) is 0 Å². The van der Waals surface area contributed by atoms with E-state index in [1.54, 1.807) is 24.4 Å². The predicted molar refractivity (Wildman–Crippen MR) is 51.3 cm³/mol. The maximum absolute atomic E-state index is 11.1. The number of fused-ring (bicyclic) bond motifs is 1. The summed E-state index contributed by atoms with van der Waals surface area (Å²) in [6, 6.07) is 6.61. The van der Waals surface area contributed by atoms with Crippen LogP contribution in [0.4, 0.5) is 0 Å². The van der Waals surface area contributed by atoms with Crippen LogP contribution in [0.5, 0.6) is 0 Å². The fourth-order valence-corrected chi connectivity index (χ4v) is 2.35. The van der Waals surface area contributed by atoms with Gasteiger partial charge in [-0.05, 0) is 18.2 Å². The summed E-state index contributed by atoms with van der Waals surface area (Å²) in [5.74, 6) is 0. The Labute approximate surface area is 79.8 Å². The first-order valence-corrected chi connectivity index (χ1v) is 5.91. The van der Waals surface area contributed by atoms with Crippen molar-refractivity contribution >= 4 is 30.6 Å². The summed E-state index contributed by atoms with van der Waals surface area (Å²) < 4.78 is 22.2. The van der Waals surface area contributed by atoms with Crippen molar-refractivity contribution in [2.45, 2.75) is 4.90 Å². The molecule has 0 unspecified atom stereocenters. The molecule has 2 rings (SSSR count). The Bertz CT molecular complexity index is 544.